The summed E-state index contributed by atoms with van der Waals surface area (Å²) in [6, 6.07) is 15.8. The number of nitrogens with zero attached hydrogens (tertiary/aromatic N) is 2. The Labute approximate surface area is 193 Å². The van der Waals surface area contributed by atoms with Gasteiger partial charge in [0, 0.05) is 16.1 Å². The molecular formula is C24H29N3O2S2. The van der Waals surface area contributed by atoms with Crippen molar-refractivity contribution < 1.29 is 9.53 Å². The Bertz CT molecular complexity index is 969. The molecule has 0 radical (unpaired) electrons. The fraction of sp³-hybridized carbons (Fsp3) is 0.375. The molecule has 7 heteroatoms. The molecule has 1 aliphatic rings. The van der Waals surface area contributed by atoms with Crippen LogP contribution in [0, 0.1) is 0 Å². The highest BCUT2D eigenvalue weighted by Gasteiger charge is 2.28. The van der Waals surface area contributed by atoms with Crippen LogP contribution in [0.25, 0.3) is 0 Å². The monoisotopic (exact) mass is 455 g/mol. The first kappa shape index (κ1) is 23.4. The molecule has 1 N–H and O–H groups in total. The van der Waals surface area contributed by atoms with Gasteiger partial charge in [0.15, 0.2) is 0 Å². The highest BCUT2D eigenvalue weighted by Crippen LogP contribution is 2.28. The predicted molar refractivity (Wildman–Crippen MR) is 134 cm³/mol. The molecule has 1 aliphatic heterocycles. The van der Waals surface area contributed by atoms with Crippen LogP contribution in [-0.2, 0) is 4.79 Å². The minimum atomic E-state index is -0.531. The van der Waals surface area contributed by atoms with E-state index in [0.29, 0.717) is 0 Å². The number of anilines is 1. The van der Waals surface area contributed by atoms with Crippen molar-refractivity contribution in [3.63, 3.8) is 0 Å². The molecule has 0 spiro atoms. The summed E-state index contributed by atoms with van der Waals surface area (Å²) in [7, 11) is 0. The topological polar surface area (TPSA) is 63.1 Å². The molecule has 2 aromatic carbocycles. The number of aliphatic imine (C=N–C) groups is 2. The molecular weight excluding hydrogens is 426 g/mol. The third-order valence-electron chi connectivity index (χ3n) is 4.55. The van der Waals surface area contributed by atoms with Crippen molar-refractivity contribution in [3.05, 3.63) is 54.1 Å². The number of hydrogen-bond acceptors (Lipinski definition) is 6. The SMILES string of the molecule is CCCCOc1ccc(C2=NC(C)(C)N=C2SCC(=O)Nc2cccc(SC)c2)cc1. The molecule has 0 unspecified atom stereocenters. The van der Waals surface area contributed by atoms with Crippen molar-refractivity contribution in [2.75, 3.05) is 23.9 Å². The Kier molecular flexibility index (Phi) is 8.21. The van der Waals surface area contributed by atoms with E-state index in [0.717, 1.165) is 52.1 Å². The van der Waals surface area contributed by atoms with Crippen molar-refractivity contribution in [3.8, 4) is 5.75 Å². The van der Waals surface area contributed by atoms with E-state index in [-0.39, 0.29) is 11.7 Å². The van der Waals surface area contributed by atoms with Crippen LogP contribution in [0.1, 0.15) is 39.2 Å². The lowest BCUT2D eigenvalue weighted by atomic mass is 10.1. The number of benzene rings is 2. The lowest BCUT2D eigenvalue weighted by Crippen LogP contribution is -2.17. The van der Waals surface area contributed by atoms with E-state index >= 15 is 0 Å². The molecule has 0 bridgehead atoms. The van der Waals surface area contributed by atoms with Gasteiger partial charge < -0.3 is 10.1 Å². The maximum absolute atomic E-state index is 12.5. The van der Waals surface area contributed by atoms with Gasteiger partial charge in [0.1, 0.15) is 16.5 Å². The lowest BCUT2D eigenvalue weighted by molar-refractivity contribution is -0.113. The van der Waals surface area contributed by atoms with Crippen LogP contribution in [-0.4, -0.2) is 40.9 Å². The van der Waals surface area contributed by atoms with Gasteiger partial charge in [0.25, 0.3) is 0 Å². The maximum atomic E-state index is 12.5. The van der Waals surface area contributed by atoms with E-state index in [1.807, 2.05) is 68.6 Å². The average Bonchev–Trinajstić information content (AvgIpc) is 3.07. The second-order valence-corrected chi connectivity index (χ2v) is 9.51. The fourth-order valence-corrected chi connectivity index (χ4v) is 4.40. The number of amides is 1. The standard InChI is InChI=1S/C24H29N3O2S2/c1-5-6-14-29-19-12-10-17(11-13-19)22-23(27-24(2,3)26-22)31-16-21(28)25-18-8-7-9-20(15-18)30-4/h7-13,15H,5-6,14,16H2,1-4H3,(H,25,28). The second-order valence-electron chi connectivity index (χ2n) is 7.67. The molecule has 0 atom stereocenters. The minimum Gasteiger partial charge on any atom is -0.494 e. The molecule has 164 valence electrons. The maximum Gasteiger partial charge on any atom is 0.234 e. The number of hydrogen-bond donors (Lipinski definition) is 1. The third kappa shape index (κ3) is 6.87. The summed E-state index contributed by atoms with van der Waals surface area (Å²) in [5, 5.41) is 3.75. The van der Waals surface area contributed by atoms with Crippen molar-refractivity contribution in [1.29, 1.82) is 0 Å². The van der Waals surface area contributed by atoms with Gasteiger partial charge in [-0.2, -0.15) is 0 Å². The number of nitrogens with one attached hydrogen (secondary N) is 1. The molecule has 1 amide bonds. The van der Waals surface area contributed by atoms with Crippen LogP contribution in [0.3, 0.4) is 0 Å². The number of carbonyl (C=O) groups is 1. The second kappa shape index (κ2) is 10.9. The first-order valence-corrected chi connectivity index (χ1v) is 12.6. The normalized spacial score (nSPS) is 14.7. The fourth-order valence-electron chi connectivity index (χ4n) is 3.01. The molecule has 0 saturated heterocycles. The number of ether oxygens (including phenoxy) is 1. The minimum absolute atomic E-state index is 0.0605. The summed E-state index contributed by atoms with van der Waals surface area (Å²) in [6.45, 7) is 6.81. The van der Waals surface area contributed by atoms with Gasteiger partial charge in [-0.3, -0.25) is 9.79 Å². The van der Waals surface area contributed by atoms with Gasteiger partial charge in [0.05, 0.1) is 18.1 Å². The van der Waals surface area contributed by atoms with E-state index in [1.165, 1.54) is 11.8 Å². The summed E-state index contributed by atoms with van der Waals surface area (Å²) in [5.41, 5.74) is 2.08. The summed E-state index contributed by atoms with van der Waals surface area (Å²) in [4.78, 5) is 23.1. The van der Waals surface area contributed by atoms with Gasteiger partial charge in [-0.05, 0) is 69.0 Å². The smallest absolute Gasteiger partial charge is 0.234 e. The largest absolute Gasteiger partial charge is 0.494 e. The van der Waals surface area contributed by atoms with Crippen molar-refractivity contribution >= 4 is 45.9 Å². The van der Waals surface area contributed by atoms with Crippen molar-refractivity contribution in [2.45, 2.75) is 44.2 Å². The average molecular weight is 456 g/mol. The third-order valence-corrected chi connectivity index (χ3v) is 6.24. The predicted octanol–water partition coefficient (Wildman–Crippen LogP) is 5.90. The molecule has 0 saturated carbocycles. The van der Waals surface area contributed by atoms with Gasteiger partial charge in [-0.15, -0.1) is 11.8 Å². The van der Waals surface area contributed by atoms with E-state index in [4.69, 9.17) is 14.7 Å². The molecule has 1 heterocycles. The molecule has 0 aromatic heterocycles. The van der Waals surface area contributed by atoms with Crippen LogP contribution in [0.15, 0.2) is 63.4 Å². The zero-order chi connectivity index (χ0) is 22.3. The van der Waals surface area contributed by atoms with Crippen LogP contribution < -0.4 is 10.1 Å². The van der Waals surface area contributed by atoms with E-state index in [9.17, 15) is 4.79 Å². The molecule has 31 heavy (non-hydrogen) atoms. The van der Waals surface area contributed by atoms with E-state index < -0.39 is 5.66 Å². The highest BCUT2D eigenvalue weighted by molar-refractivity contribution is 8.16. The van der Waals surface area contributed by atoms with E-state index in [2.05, 4.69) is 12.2 Å². The zero-order valence-electron chi connectivity index (χ0n) is 18.5. The summed E-state index contributed by atoms with van der Waals surface area (Å²) < 4.78 is 5.75. The van der Waals surface area contributed by atoms with Gasteiger partial charge in [-0.1, -0.05) is 31.2 Å². The number of rotatable bonds is 9. The summed E-state index contributed by atoms with van der Waals surface area (Å²) >= 11 is 3.07. The van der Waals surface area contributed by atoms with Crippen LogP contribution in [0.2, 0.25) is 0 Å². The lowest BCUT2D eigenvalue weighted by Gasteiger charge is -2.09. The van der Waals surface area contributed by atoms with Gasteiger partial charge in [0.2, 0.25) is 5.91 Å². The Hall–Kier alpha value is -2.25. The van der Waals surface area contributed by atoms with Crippen LogP contribution >= 0.6 is 23.5 Å². The number of unbranched alkanes of at least 4 members (excludes halogenated alkanes) is 1. The quantitative estimate of drug-likeness (QED) is 0.378. The zero-order valence-corrected chi connectivity index (χ0v) is 20.1. The molecule has 5 nitrogen and oxygen atoms in total. The molecule has 3 rings (SSSR count). The van der Waals surface area contributed by atoms with Crippen LogP contribution in [0.5, 0.6) is 5.75 Å². The summed E-state index contributed by atoms with van der Waals surface area (Å²) in [5.74, 6) is 1.07. The number of carbonyl (C=O) groups excluding carboxylic acids is 1. The van der Waals surface area contributed by atoms with Gasteiger partial charge in [-0.25, -0.2) is 4.99 Å². The Morgan fingerprint density at radius 3 is 2.61 bits per heavy atom. The Balaban J connectivity index is 1.63. The molecule has 0 aliphatic carbocycles. The number of thioether (sulfide) groups is 2. The highest BCUT2D eigenvalue weighted by atomic mass is 32.2. The Morgan fingerprint density at radius 1 is 1.13 bits per heavy atom. The first-order valence-electron chi connectivity index (χ1n) is 10.4. The summed E-state index contributed by atoms with van der Waals surface area (Å²) in [6.07, 6.45) is 4.17. The molecule has 0 fully saturated rings. The van der Waals surface area contributed by atoms with E-state index in [1.54, 1.807) is 11.8 Å². The molecule has 2 aromatic rings. The van der Waals surface area contributed by atoms with Crippen molar-refractivity contribution in [1.82, 2.24) is 0 Å². The van der Waals surface area contributed by atoms with Crippen molar-refractivity contribution in [2.24, 2.45) is 9.98 Å². The Morgan fingerprint density at radius 2 is 1.90 bits per heavy atom. The van der Waals surface area contributed by atoms with Crippen LogP contribution in [0.4, 0.5) is 5.69 Å². The first-order chi connectivity index (χ1) is 14.9. The van der Waals surface area contributed by atoms with Gasteiger partial charge >= 0.3 is 0 Å².